The summed E-state index contributed by atoms with van der Waals surface area (Å²) in [6, 6.07) is 3.69. The van der Waals surface area contributed by atoms with Crippen molar-refractivity contribution in [3.05, 3.63) is 53.0 Å². The second kappa shape index (κ2) is 8.87. The van der Waals surface area contributed by atoms with Gasteiger partial charge in [-0.1, -0.05) is 25.2 Å². The Kier molecular flexibility index (Phi) is 6.84. The van der Waals surface area contributed by atoms with E-state index in [1.807, 2.05) is 6.07 Å². The summed E-state index contributed by atoms with van der Waals surface area (Å²) in [7, 11) is 1.68. The summed E-state index contributed by atoms with van der Waals surface area (Å²) >= 11 is 0. The van der Waals surface area contributed by atoms with Gasteiger partial charge < -0.3 is 19.0 Å². The molecule has 1 aliphatic heterocycles. The molecule has 4 nitrogen and oxygen atoms in total. The molecule has 23 heavy (non-hydrogen) atoms. The number of rotatable bonds is 9. The van der Waals surface area contributed by atoms with Gasteiger partial charge in [0.2, 0.25) is 0 Å². The zero-order valence-corrected chi connectivity index (χ0v) is 14.0. The van der Waals surface area contributed by atoms with Crippen LogP contribution in [0.2, 0.25) is 0 Å². The van der Waals surface area contributed by atoms with Crippen molar-refractivity contribution in [3.8, 4) is 0 Å². The fourth-order valence-electron chi connectivity index (χ4n) is 2.77. The summed E-state index contributed by atoms with van der Waals surface area (Å²) in [5, 5.41) is 9.06. The van der Waals surface area contributed by atoms with Crippen molar-refractivity contribution in [2.45, 2.75) is 38.9 Å². The van der Waals surface area contributed by atoms with Crippen LogP contribution in [0.1, 0.15) is 37.7 Å². The summed E-state index contributed by atoms with van der Waals surface area (Å²) in [4.78, 5) is 0. The van der Waals surface area contributed by atoms with Crippen LogP contribution in [0, 0.1) is 0 Å². The summed E-state index contributed by atoms with van der Waals surface area (Å²) in [6.07, 6.45) is 7.07. The van der Waals surface area contributed by atoms with Crippen LogP contribution in [-0.4, -0.2) is 31.5 Å². The van der Waals surface area contributed by atoms with Crippen molar-refractivity contribution in [2.24, 2.45) is 0 Å². The van der Waals surface area contributed by atoms with Crippen LogP contribution in [-0.2, 0) is 16.1 Å². The van der Waals surface area contributed by atoms with Crippen LogP contribution in [0.4, 0.5) is 0 Å². The third-order valence-corrected chi connectivity index (χ3v) is 4.04. The summed E-state index contributed by atoms with van der Waals surface area (Å²) in [5.41, 5.74) is 3.47. The van der Waals surface area contributed by atoms with E-state index in [1.54, 1.807) is 13.2 Å². The molecule has 0 spiro atoms. The monoisotopic (exact) mass is 318 g/mol. The van der Waals surface area contributed by atoms with Crippen molar-refractivity contribution < 1.29 is 19.0 Å². The van der Waals surface area contributed by atoms with Crippen molar-refractivity contribution >= 4 is 6.08 Å². The van der Waals surface area contributed by atoms with E-state index >= 15 is 0 Å². The van der Waals surface area contributed by atoms with E-state index in [-0.39, 0.29) is 12.7 Å². The number of aliphatic hydroxyl groups is 1. The largest absolute Gasteiger partial charge is 0.459 e. The number of hydrogen-bond donors (Lipinski definition) is 1. The van der Waals surface area contributed by atoms with Crippen LogP contribution in [0.25, 0.3) is 6.08 Å². The fraction of sp³-hybridized carbons (Fsp3) is 0.474. The molecule has 0 saturated heterocycles. The zero-order chi connectivity index (χ0) is 16.7. The topological polar surface area (TPSA) is 51.8 Å². The lowest BCUT2D eigenvalue weighted by Gasteiger charge is -2.17. The molecule has 1 aromatic heterocycles. The molecule has 1 N–H and O–H groups in total. The van der Waals surface area contributed by atoms with Crippen molar-refractivity contribution in [1.29, 1.82) is 0 Å². The average Bonchev–Trinajstić information content (AvgIpc) is 3.20. The number of hydrogen-bond acceptors (Lipinski definition) is 4. The molecule has 4 heteroatoms. The lowest BCUT2D eigenvalue weighted by molar-refractivity contribution is 0.115. The summed E-state index contributed by atoms with van der Waals surface area (Å²) < 4.78 is 16.5. The summed E-state index contributed by atoms with van der Waals surface area (Å²) in [5.74, 6) is 1.38. The van der Waals surface area contributed by atoms with E-state index in [0.29, 0.717) is 19.0 Å². The Morgan fingerprint density at radius 2 is 2.30 bits per heavy atom. The minimum absolute atomic E-state index is 0.0685. The van der Waals surface area contributed by atoms with Crippen LogP contribution in [0.5, 0.6) is 0 Å². The van der Waals surface area contributed by atoms with E-state index in [2.05, 4.69) is 25.7 Å². The third kappa shape index (κ3) is 4.93. The second-order valence-corrected chi connectivity index (χ2v) is 5.68. The quantitative estimate of drug-likeness (QED) is 0.751. The van der Waals surface area contributed by atoms with Gasteiger partial charge in [0.15, 0.2) is 0 Å². The Morgan fingerprint density at radius 1 is 1.48 bits per heavy atom. The first-order valence-electron chi connectivity index (χ1n) is 8.05. The van der Waals surface area contributed by atoms with Gasteiger partial charge in [0, 0.05) is 7.11 Å². The number of aliphatic hydroxyl groups excluding tert-OH is 1. The predicted molar refractivity (Wildman–Crippen MR) is 91.0 cm³/mol. The number of methoxy groups -OCH3 is 1. The molecule has 0 amide bonds. The maximum Gasteiger partial charge on any atom is 0.130 e. The smallest absolute Gasteiger partial charge is 0.130 e. The highest BCUT2D eigenvalue weighted by Gasteiger charge is 2.22. The number of allylic oxidation sites excluding steroid dienone is 1. The SMILES string of the molecule is C=C(COC)C1=CCOC1CC/C(=C/c1ccc(CO)o1)CC. The van der Waals surface area contributed by atoms with Crippen LogP contribution >= 0.6 is 0 Å². The maximum atomic E-state index is 9.06. The number of furan rings is 1. The maximum absolute atomic E-state index is 9.06. The molecule has 0 radical (unpaired) electrons. The van der Waals surface area contributed by atoms with E-state index in [1.165, 1.54) is 11.1 Å². The van der Waals surface area contributed by atoms with Gasteiger partial charge in [0.25, 0.3) is 0 Å². The second-order valence-electron chi connectivity index (χ2n) is 5.68. The molecule has 126 valence electrons. The summed E-state index contributed by atoms with van der Waals surface area (Å²) in [6.45, 7) is 7.33. The Hall–Kier alpha value is -1.62. The molecule has 1 aliphatic rings. The molecule has 1 aromatic rings. The Labute approximate surface area is 138 Å². The van der Waals surface area contributed by atoms with Gasteiger partial charge >= 0.3 is 0 Å². The molecule has 2 rings (SSSR count). The molecule has 0 saturated carbocycles. The van der Waals surface area contributed by atoms with Gasteiger partial charge in [-0.25, -0.2) is 0 Å². The molecular formula is C19H26O4. The Bertz CT molecular complexity index is 580. The zero-order valence-electron chi connectivity index (χ0n) is 14.0. The van der Waals surface area contributed by atoms with Crippen LogP contribution in [0.15, 0.2) is 45.9 Å². The lowest BCUT2D eigenvalue weighted by Crippen LogP contribution is -2.13. The lowest BCUT2D eigenvalue weighted by atomic mass is 9.96. The van der Waals surface area contributed by atoms with Crippen molar-refractivity contribution in [3.63, 3.8) is 0 Å². The van der Waals surface area contributed by atoms with E-state index in [4.69, 9.17) is 19.0 Å². The first kappa shape index (κ1) is 17.7. The molecule has 1 atom stereocenters. The molecule has 0 bridgehead atoms. The van der Waals surface area contributed by atoms with E-state index in [9.17, 15) is 0 Å². The van der Waals surface area contributed by atoms with Gasteiger partial charge in [-0.3, -0.25) is 0 Å². The Balaban J connectivity index is 1.95. The molecule has 0 aromatic carbocycles. The highest BCUT2D eigenvalue weighted by atomic mass is 16.5. The Morgan fingerprint density at radius 3 is 2.96 bits per heavy atom. The minimum atomic E-state index is -0.0685. The molecular weight excluding hydrogens is 292 g/mol. The molecule has 0 fully saturated rings. The van der Waals surface area contributed by atoms with Crippen LogP contribution in [0.3, 0.4) is 0 Å². The molecule has 2 heterocycles. The first-order valence-corrected chi connectivity index (χ1v) is 8.05. The third-order valence-electron chi connectivity index (χ3n) is 4.04. The van der Waals surface area contributed by atoms with Gasteiger partial charge in [-0.2, -0.15) is 0 Å². The van der Waals surface area contributed by atoms with Gasteiger partial charge in [0.05, 0.1) is 19.3 Å². The average molecular weight is 318 g/mol. The van der Waals surface area contributed by atoms with Crippen molar-refractivity contribution in [1.82, 2.24) is 0 Å². The van der Waals surface area contributed by atoms with Gasteiger partial charge in [-0.15, -0.1) is 0 Å². The van der Waals surface area contributed by atoms with Crippen molar-refractivity contribution in [2.75, 3.05) is 20.3 Å². The standard InChI is InChI=1S/C19H26O4/c1-4-15(11-16-6-7-17(12-20)23-16)5-8-19-18(9-10-22-19)14(2)13-21-3/h6-7,9,11,19-20H,2,4-5,8,10,12-13H2,1,3H3/b15-11+. The predicted octanol–water partition coefficient (Wildman–Crippen LogP) is 3.87. The highest BCUT2D eigenvalue weighted by Crippen LogP contribution is 2.27. The fourth-order valence-corrected chi connectivity index (χ4v) is 2.77. The van der Waals surface area contributed by atoms with Crippen LogP contribution < -0.4 is 0 Å². The number of ether oxygens (including phenoxy) is 2. The normalized spacial score (nSPS) is 18.3. The van der Waals surface area contributed by atoms with Gasteiger partial charge in [0.1, 0.15) is 18.1 Å². The molecule has 0 aliphatic carbocycles. The van der Waals surface area contributed by atoms with E-state index in [0.717, 1.165) is 30.6 Å². The molecule has 1 unspecified atom stereocenters. The first-order chi connectivity index (χ1) is 11.2. The minimum Gasteiger partial charge on any atom is -0.459 e. The highest BCUT2D eigenvalue weighted by molar-refractivity contribution is 5.47. The van der Waals surface area contributed by atoms with Gasteiger partial charge in [-0.05, 0) is 48.6 Å². The van der Waals surface area contributed by atoms with E-state index < -0.39 is 0 Å².